The fourth-order valence-corrected chi connectivity index (χ4v) is 2.74. The van der Waals surface area contributed by atoms with E-state index in [1.165, 1.54) is 6.92 Å². The number of hydrogen-bond donors (Lipinski definition) is 1. The van der Waals surface area contributed by atoms with E-state index in [0.717, 1.165) is 5.39 Å². The molecule has 0 fully saturated rings. The Kier molecular flexibility index (Phi) is 2.24. The summed E-state index contributed by atoms with van der Waals surface area (Å²) in [6.45, 7) is 1.25. The lowest BCUT2D eigenvalue weighted by atomic mass is 9.87. The van der Waals surface area contributed by atoms with Crippen molar-refractivity contribution >= 4 is 16.6 Å². The van der Waals surface area contributed by atoms with Crippen LogP contribution < -0.4 is 0 Å². The number of nitro groups is 1. The standard InChI is InChI=1S/C14H11NO4/c1-8(15(18)19)14(17)11-7-3-5-9-4-2-6-10(12(9)11)13(14)16/h2-8,17H,1H3. The number of hydrogen-bond acceptors (Lipinski definition) is 4. The maximum Gasteiger partial charge on any atom is 0.250 e. The minimum atomic E-state index is -2.08. The van der Waals surface area contributed by atoms with Crippen molar-refractivity contribution in [1.29, 1.82) is 0 Å². The van der Waals surface area contributed by atoms with Gasteiger partial charge in [-0.2, -0.15) is 0 Å². The first-order valence-electron chi connectivity index (χ1n) is 5.91. The van der Waals surface area contributed by atoms with Gasteiger partial charge in [0.05, 0.1) is 0 Å². The molecule has 2 atom stereocenters. The quantitative estimate of drug-likeness (QED) is 0.658. The molecule has 1 aliphatic rings. The van der Waals surface area contributed by atoms with E-state index >= 15 is 0 Å². The zero-order chi connectivity index (χ0) is 13.8. The molecule has 5 nitrogen and oxygen atoms in total. The van der Waals surface area contributed by atoms with Gasteiger partial charge in [-0.15, -0.1) is 0 Å². The highest BCUT2D eigenvalue weighted by molar-refractivity contribution is 6.19. The second-order valence-corrected chi connectivity index (χ2v) is 4.77. The van der Waals surface area contributed by atoms with E-state index in [1.54, 1.807) is 24.3 Å². The van der Waals surface area contributed by atoms with Gasteiger partial charge in [0.1, 0.15) is 0 Å². The maximum absolute atomic E-state index is 12.4. The summed E-state index contributed by atoms with van der Waals surface area (Å²) in [5.41, 5.74) is -1.40. The van der Waals surface area contributed by atoms with E-state index in [9.17, 15) is 20.0 Å². The van der Waals surface area contributed by atoms with Crippen LogP contribution in [0.5, 0.6) is 0 Å². The van der Waals surface area contributed by atoms with Crippen LogP contribution >= 0.6 is 0 Å². The van der Waals surface area contributed by atoms with Crippen molar-refractivity contribution in [3.63, 3.8) is 0 Å². The van der Waals surface area contributed by atoms with E-state index < -0.39 is 22.3 Å². The van der Waals surface area contributed by atoms with E-state index in [4.69, 9.17) is 0 Å². The number of aliphatic hydroxyl groups is 1. The predicted octanol–water partition coefficient (Wildman–Crippen LogP) is 1.89. The van der Waals surface area contributed by atoms with E-state index in [-0.39, 0.29) is 0 Å². The molecule has 2 aromatic carbocycles. The summed E-state index contributed by atoms with van der Waals surface area (Å²) in [5.74, 6) is -0.594. The fraction of sp³-hybridized carbons (Fsp3) is 0.214. The molecule has 0 aliphatic heterocycles. The van der Waals surface area contributed by atoms with Crippen LogP contribution in [0.1, 0.15) is 22.8 Å². The van der Waals surface area contributed by atoms with Gasteiger partial charge >= 0.3 is 0 Å². The molecule has 1 aliphatic carbocycles. The molecule has 3 rings (SSSR count). The lowest BCUT2D eigenvalue weighted by molar-refractivity contribution is -0.537. The van der Waals surface area contributed by atoms with Gasteiger partial charge in [0, 0.05) is 23.0 Å². The molecule has 0 aromatic heterocycles. The summed E-state index contributed by atoms with van der Waals surface area (Å²) in [6.07, 6.45) is 0. The molecule has 19 heavy (non-hydrogen) atoms. The van der Waals surface area contributed by atoms with Crippen molar-refractivity contribution in [2.75, 3.05) is 0 Å². The van der Waals surface area contributed by atoms with Gasteiger partial charge < -0.3 is 5.11 Å². The second-order valence-electron chi connectivity index (χ2n) is 4.77. The van der Waals surface area contributed by atoms with E-state index in [1.807, 2.05) is 12.1 Å². The Morgan fingerprint density at radius 2 is 1.89 bits per heavy atom. The van der Waals surface area contributed by atoms with Crippen molar-refractivity contribution in [2.24, 2.45) is 0 Å². The lowest BCUT2D eigenvalue weighted by Crippen LogP contribution is -2.46. The molecule has 5 heteroatoms. The maximum atomic E-state index is 12.4. The molecular weight excluding hydrogens is 246 g/mol. The monoisotopic (exact) mass is 257 g/mol. The molecule has 0 saturated heterocycles. The molecule has 0 spiro atoms. The van der Waals surface area contributed by atoms with Crippen LogP contribution in [0.2, 0.25) is 0 Å². The molecule has 1 N–H and O–H groups in total. The zero-order valence-electron chi connectivity index (χ0n) is 10.2. The van der Waals surface area contributed by atoms with Crippen LogP contribution in [0.3, 0.4) is 0 Å². The van der Waals surface area contributed by atoms with Gasteiger partial charge in [-0.05, 0) is 10.8 Å². The fourth-order valence-electron chi connectivity index (χ4n) is 2.74. The molecule has 2 aromatic rings. The molecule has 0 heterocycles. The van der Waals surface area contributed by atoms with E-state index in [2.05, 4.69) is 0 Å². The SMILES string of the molecule is CC([N+](=O)[O-])C1(O)C(=O)c2cccc3cccc1c23. The van der Waals surface area contributed by atoms with Gasteiger partial charge in [0.25, 0.3) is 0 Å². The molecular formula is C14H11NO4. The summed E-state index contributed by atoms with van der Waals surface area (Å²) >= 11 is 0. The van der Waals surface area contributed by atoms with Crippen LogP contribution in [0.4, 0.5) is 0 Å². The third-order valence-corrected chi connectivity index (χ3v) is 3.83. The highest BCUT2D eigenvalue weighted by Crippen LogP contribution is 2.43. The van der Waals surface area contributed by atoms with Crippen LogP contribution in [-0.4, -0.2) is 21.9 Å². The third-order valence-electron chi connectivity index (χ3n) is 3.83. The summed E-state index contributed by atoms with van der Waals surface area (Å²) in [5, 5.41) is 23.1. The number of ketones is 1. The van der Waals surface area contributed by atoms with Crippen LogP contribution in [0.15, 0.2) is 36.4 Å². The third kappa shape index (κ3) is 1.30. The molecule has 2 unspecified atom stereocenters. The molecule has 0 amide bonds. The first-order chi connectivity index (χ1) is 8.98. The molecule has 0 bridgehead atoms. The normalized spacial score (nSPS) is 22.7. The van der Waals surface area contributed by atoms with Crippen molar-refractivity contribution in [3.8, 4) is 0 Å². The first kappa shape index (κ1) is 11.8. The Morgan fingerprint density at radius 1 is 1.26 bits per heavy atom. The van der Waals surface area contributed by atoms with Gasteiger partial charge in [-0.1, -0.05) is 36.4 Å². The Morgan fingerprint density at radius 3 is 2.53 bits per heavy atom. The van der Waals surface area contributed by atoms with Gasteiger partial charge in [0.15, 0.2) is 0 Å². The van der Waals surface area contributed by atoms with Gasteiger partial charge in [-0.3, -0.25) is 14.9 Å². The number of carbonyl (C=O) groups excluding carboxylic acids is 1. The summed E-state index contributed by atoms with van der Waals surface area (Å²) < 4.78 is 0. The topological polar surface area (TPSA) is 80.4 Å². The average Bonchev–Trinajstić information content (AvgIpc) is 2.64. The predicted molar refractivity (Wildman–Crippen MR) is 68.6 cm³/mol. The molecule has 0 saturated carbocycles. The Labute approximate surface area is 108 Å². The second kappa shape index (κ2) is 3.61. The lowest BCUT2D eigenvalue weighted by Gasteiger charge is -2.23. The molecule has 0 radical (unpaired) electrons. The number of rotatable bonds is 2. The van der Waals surface area contributed by atoms with Crippen molar-refractivity contribution < 1.29 is 14.8 Å². The van der Waals surface area contributed by atoms with Crippen LogP contribution in [0, 0.1) is 10.1 Å². The summed E-state index contributed by atoms with van der Waals surface area (Å²) in [7, 11) is 0. The number of carbonyl (C=O) groups is 1. The Bertz CT molecular complexity index is 719. The largest absolute Gasteiger partial charge is 0.371 e. The van der Waals surface area contributed by atoms with Gasteiger partial charge in [0.2, 0.25) is 17.4 Å². The van der Waals surface area contributed by atoms with Crippen molar-refractivity contribution in [3.05, 3.63) is 57.6 Å². The number of Topliss-reactive ketones (excluding diaryl/α,β-unsaturated/α-hetero) is 1. The summed E-state index contributed by atoms with van der Waals surface area (Å²) in [4.78, 5) is 22.8. The van der Waals surface area contributed by atoms with Crippen LogP contribution in [0.25, 0.3) is 10.8 Å². The highest BCUT2D eigenvalue weighted by Gasteiger charge is 2.55. The minimum absolute atomic E-state index is 0.329. The zero-order valence-corrected chi connectivity index (χ0v) is 10.2. The minimum Gasteiger partial charge on any atom is -0.371 e. The van der Waals surface area contributed by atoms with Crippen molar-refractivity contribution in [2.45, 2.75) is 18.6 Å². The van der Waals surface area contributed by atoms with Gasteiger partial charge in [-0.25, -0.2) is 0 Å². The van der Waals surface area contributed by atoms with Crippen molar-refractivity contribution in [1.82, 2.24) is 0 Å². The van der Waals surface area contributed by atoms with Crippen LogP contribution in [-0.2, 0) is 5.60 Å². The summed E-state index contributed by atoms with van der Waals surface area (Å²) in [6, 6.07) is 8.82. The Hall–Kier alpha value is -2.27. The number of nitrogens with zero attached hydrogens (tertiary/aromatic N) is 1. The number of benzene rings is 2. The first-order valence-corrected chi connectivity index (χ1v) is 5.91. The average molecular weight is 257 g/mol. The highest BCUT2D eigenvalue weighted by atomic mass is 16.6. The van der Waals surface area contributed by atoms with E-state index in [0.29, 0.717) is 16.5 Å². The Balaban J connectivity index is 2.38. The smallest absolute Gasteiger partial charge is 0.250 e. The molecule has 96 valence electrons.